The van der Waals surface area contributed by atoms with E-state index in [1.54, 1.807) is 24.3 Å². The quantitative estimate of drug-likeness (QED) is 0.533. The molecular formula is C23H19F2N3O5. The minimum Gasteiger partial charge on any atom is -0.497 e. The molecule has 0 aliphatic carbocycles. The van der Waals surface area contributed by atoms with Crippen molar-refractivity contribution < 1.29 is 32.6 Å². The van der Waals surface area contributed by atoms with Crippen LogP contribution in [-0.4, -0.2) is 48.0 Å². The van der Waals surface area contributed by atoms with Crippen molar-refractivity contribution in [1.82, 2.24) is 15.5 Å². The van der Waals surface area contributed by atoms with Crippen molar-refractivity contribution in [3.05, 3.63) is 59.2 Å². The maximum Gasteiger partial charge on any atom is 0.394 e. The van der Waals surface area contributed by atoms with Gasteiger partial charge in [-0.15, -0.1) is 0 Å². The maximum absolute atomic E-state index is 13.1. The lowest BCUT2D eigenvalue weighted by molar-refractivity contribution is -0.158. The molecule has 2 aromatic carbocycles. The highest BCUT2D eigenvalue weighted by Crippen LogP contribution is 2.28. The Labute approximate surface area is 187 Å². The number of rotatable bonds is 5. The van der Waals surface area contributed by atoms with Gasteiger partial charge in [0.1, 0.15) is 11.5 Å². The summed E-state index contributed by atoms with van der Waals surface area (Å²) in [6, 6.07) is 9.99. The number of imide groups is 1. The Morgan fingerprint density at radius 2 is 1.94 bits per heavy atom. The van der Waals surface area contributed by atoms with Crippen molar-refractivity contribution >= 4 is 17.8 Å². The van der Waals surface area contributed by atoms with Crippen LogP contribution in [0.15, 0.2) is 42.5 Å². The Balaban J connectivity index is 1.62. The van der Waals surface area contributed by atoms with Gasteiger partial charge in [0.25, 0.3) is 11.8 Å². The predicted octanol–water partition coefficient (Wildman–Crippen LogP) is 2.27. The first-order valence-electron chi connectivity index (χ1n) is 9.88. The standard InChI is InChI=1S/C23H19F2N3O5/c1-22(24,25)33-17-5-3-4-14(10-17)8-9-23(20(30)26-21(31)27-23)13-28-12-15-6-7-16(32-2)11-18(15)19(28)29/h3-7,10-11H,12-13H2,1-2H3,(H2,26,27,30,31). The number of ether oxygens (including phenoxy) is 2. The number of hydrogen-bond donors (Lipinski definition) is 2. The van der Waals surface area contributed by atoms with Crippen LogP contribution in [0.1, 0.15) is 28.4 Å². The van der Waals surface area contributed by atoms with Crippen LogP contribution in [0.3, 0.4) is 0 Å². The molecule has 0 bridgehead atoms. The van der Waals surface area contributed by atoms with Gasteiger partial charge in [0, 0.05) is 24.6 Å². The number of alkyl halides is 2. The number of urea groups is 1. The molecule has 2 aromatic rings. The van der Waals surface area contributed by atoms with Gasteiger partial charge in [-0.05, 0) is 35.9 Å². The Kier molecular flexibility index (Phi) is 5.41. The molecule has 0 spiro atoms. The highest BCUT2D eigenvalue weighted by molar-refractivity contribution is 6.10. The second-order valence-electron chi connectivity index (χ2n) is 7.69. The fourth-order valence-corrected chi connectivity index (χ4v) is 3.63. The first kappa shape index (κ1) is 22.1. The number of nitrogens with one attached hydrogen (secondary N) is 2. The molecule has 0 aromatic heterocycles. The first-order chi connectivity index (χ1) is 15.6. The summed E-state index contributed by atoms with van der Waals surface area (Å²) in [5, 5.41) is 4.64. The number of hydrogen-bond acceptors (Lipinski definition) is 5. The molecule has 1 unspecified atom stereocenters. The lowest BCUT2D eigenvalue weighted by Crippen LogP contribution is -2.54. The van der Waals surface area contributed by atoms with Crippen LogP contribution in [0.25, 0.3) is 0 Å². The highest BCUT2D eigenvalue weighted by Gasteiger charge is 2.48. The monoisotopic (exact) mass is 455 g/mol. The number of carbonyl (C=O) groups excluding carboxylic acids is 3. The van der Waals surface area contributed by atoms with Gasteiger partial charge in [-0.3, -0.25) is 14.9 Å². The molecule has 2 N–H and O–H groups in total. The maximum atomic E-state index is 13.1. The zero-order valence-electron chi connectivity index (χ0n) is 17.7. The summed E-state index contributed by atoms with van der Waals surface area (Å²) in [5.41, 5.74) is -0.248. The SMILES string of the molecule is COc1ccc2c(c1)C(=O)N(CC1(C#Cc3cccc(OC(C)(F)F)c3)NC(=O)NC1=O)C2. The average Bonchev–Trinajstić information content (AvgIpc) is 3.20. The second-order valence-corrected chi connectivity index (χ2v) is 7.69. The zero-order chi connectivity index (χ0) is 23.8. The van der Waals surface area contributed by atoms with E-state index in [2.05, 4.69) is 27.2 Å². The van der Waals surface area contributed by atoms with E-state index in [1.807, 2.05) is 0 Å². The lowest BCUT2D eigenvalue weighted by atomic mass is 9.99. The minimum absolute atomic E-state index is 0.109. The van der Waals surface area contributed by atoms with E-state index in [4.69, 9.17) is 4.74 Å². The molecule has 4 rings (SSSR count). The van der Waals surface area contributed by atoms with Crippen LogP contribution >= 0.6 is 0 Å². The molecule has 2 heterocycles. The van der Waals surface area contributed by atoms with Gasteiger partial charge in [0.05, 0.1) is 13.7 Å². The van der Waals surface area contributed by atoms with Gasteiger partial charge >= 0.3 is 12.1 Å². The van der Waals surface area contributed by atoms with Gasteiger partial charge in [-0.1, -0.05) is 24.0 Å². The smallest absolute Gasteiger partial charge is 0.394 e. The summed E-state index contributed by atoms with van der Waals surface area (Å²) in [6.45, 7) is 0.621. The molecule has 10 heteroatoms. The molecular weight excluding hydrogens is 436 g/mol. The lowest BCUT2D eigenvalue weighted by Gasteiger charge is -2.26. The molecule has 1 saturated heterocycles. The fourth-order valence-electron chi connectivity index (χ4n) is 3.63. The Bertz CT molecular complexity index is 1210. The third-order valence-electron chi connectivity index (χ3n) is 5.12. The molecule has 170 valence electrons. The molecule has 0 saturated carbocycles. The van der Waals surface area contributed by atoms with Crippen molar-refractivity contribution in [2.45, 2.75) is 25.1 Å². The normalized spacial score (nSPS) is 19.4. The van der Waals surface area contributed by atoms with Gasteiger partial charge in [-0.25, -0.2) is 4.79 Å². The third kappa shape index (κ3) is 4.57. The van der Waals surface area contributed by atoms with Gasteiger partial charge in [0.2, 0.25) is 5.54 Å². The summed E-state index contributed by atoms with van der Waals surface area (Å²) in [5.74, 6) is 4.81. The van der Waals surface area contributed by atoms with Crippen molar-refractivity contribution in [1.29, 1.82) is 0 Å². The number of amides is 4. The number of fused-ring (bicyclic) bond motifs is 1. The number of halogens is 2. The molecule has 1 atom stereocenters. The third-order valence-corrected chi connectivity index (χ3v) is 5.12. The summed E-state index contributed by atoms with van der Waals surface area (Å²) < 4.78 is 36.0. The van der Waals surface area contributed by atoms with Crippen LogP contribution in [-0.2, 0) is 11.3 Å². The van der Waals surface area contributed by atoms with E-state index in [0.29, 0.717) is 18.2 Å². The van der Waals surface area contributed by atoms with E-state index in [-0.39, 0.29) is 30.3 Å². The van der Waals surface area contributed by atoms with Crippen LogP contribution in [0.5, 0.6) is 11.5 Å². The molecule has 0 radical (unpaired) electrons. The second kappa shape index (κ2) is 8.09. The summed E-state index contributed by atoms with van der Waals surface area (Å²) >= 11 is 0. The zero-order valence-corrected chi connectivity index (χ0v) is 17.7. The van der Waals surface area contributed by atoms with Crippen molar-refractivity contribution in [2.24, 2.45) is 0 Å². The molecule has 1 fully saturated rings. The van der Waals surface area contributed by atoms with Crippen molar-refractivity contribution in [3.63, 3.8) is 0 Å². The summed E-state index contributed by atoms with van der Waals surface area (Å²) in [4.78, 5) is 38.9. The van der Waals surface area contributed by atoms with Gasteiger partial charge in [0.15, 0.2) is 0 Å². The topological polar surface area (TPSA) is 97.0 Å². The molecule has 2 aliphatic heterocycles. The predicted molar refractivity (Wildman–Crippen MR) is 112 cm³/mol. The average molecular weight is 455 g/mol. The Morgan fingerprint density at radius 1 is 1.15 bits per heavy atom. The molecule has 2 aliphatic rings. The van der Waals surface area contributed by atoms with Crippen molar-refractivity contribution in [3.8, 4) is 23.3 Å². The Morgan fingerprint density at radius 3 is 2.61 bits per heavy atom. The van der Waals surface area contributed by atoms with E-state index in [0.717, 1.165) is 5.56 Å². The van der Waals surface area contributed by atoms with E-state index in [9.17, 15) is 23.2 Å². The number of carbonyl (C=O) groups is 3. The number of methoxy groups -OCH3 is 1. The van der Waals surface area contributed by atoms with E-state index < -0.39 is 23.6 Å². The van der Waals surface area contributed by atoms with Crippen LogP contribution in [0.4, 0.5) is 13.6 Å². The van der Waals surface area contributed by atoms with Crippen LogP contribution in [0.2, 0.25) is 0 Å². The fraction of sp³-hybridized carbons (Fsp3) is 0.261. The summed E-state index contributed by atoms with van der Waals surface area (Å²) in [7, 11) is 1.49. The summed E-state index contributed by atoms with van der Waals surface area (Å²) in [6.07, 6.45) is -3.37. The van der Waals surface area contributed by atoms with E-state index >= 15 is 0 Å². The van der Waals surface area contributed by atoms with E-state index in [1.165, 1.54) is 30.2 Å². The number of benzene rings is 2. The van der Waals surface area contributed by atoms with Crippen molar-refractivity contribution in [2.75, 3.05) is 13.7 Å². The van der Waals surface area contributed by atoms with Gasteiger partial charge < -0.3 is 19.7 Å². The highest BCUT2D eigenvalue weighted by atomic mass is 19.3. The van der Waals surface area contributed by atoms with Crippen LogP contribution in [0, 0.1) is 11.8 Å². The first-order valence-corrected chi connectivity index (χ1v) is 9.88. The number of nitrogens with zero attached hydrogens (tertiary/aromatic N) is 1. The largest absolute Gasteiger partial charge is 0.497 e. The molecule has 8 nitrogen and oxygen atoms in total. The minimum atomic E-state index is -3.37. The molecule has 4 amide bonds. The van der Waals surface area contributed by atoms with Gasteiger partial charge in [-0.2, -0.15) is 8.78 Å². The van der Waals surface area contributed by atoms with Crippen LogP contribution < -0.4 is 20.1 Å². The molecule has 33 heavy (non-hydrogen) atoms. The Hall–Kier alpha value is -4.13.